The Morgan fingerprint density at radius 2 is 1.65 bits per heavy atom. The number of carbonyl (C=O) groups excluding carboxylic acids is 1. The van der Waals surface area contributed by atoms with Crippen molar-refractivity contribution in [1.82, 2.24) is 5.43 Å². The molecule has 0 fully saturated rings. The first kappa shape index (κ1) is 18.2. The molecule has 0 heterocycles. The summed E-state index contributed by atoms with van der Waals surface area (Å²) >= 11 is 1.60. The molecule has 132 valence electrons. The fourth-order valence-electron chi connectivity index (χ4n) is 2.71. The van der Waals surface area contributed by atoms with E-state index in [4.69, 9.17) is 0 Å². The lowest BCUT2D eigenvalue weighted by Crippen LogP contribution is -2.21. The van der Waals surface area contributed by atoms with Crippen LogP contribution in [-0.2, 0) is 17.0 Å². The number of carbonyl (C=O) groups is 1. The number of rotatable bonds is 7. The van der Waals surface area contributed by atoms with Crippen LogP contribution in [0.2, 0.25) is 0 Å². The maximum atomic E-state index is 12.0. The van der Waals surface area contributed by atoms with E-state index in [2.05, 4.69) is 53.0 Å². The minimum atomic E-state index is -0.0665. The Morgan fingerprint density at radius 1 is 0.923 bits per heavy atom. The first-order valence-corrected chi connectivity index (χ1v) is 9.77. The van der Waals surface area contributed by atoms with Gasteiger partial charge < -0.3 is 0 Å². The second-order valence-electron chi connectivity index (χ2n) is 6.22. The van der Waals surface area contributed by atoms with Gasteiger partial charge in [-0.05, 0) is 28.8 Å². The second kappa shape index (κ2) is 9.20. The second-order valence-corrected chi connectivity index (χ2v) is 7.20. The van der Waals surface area contributed by atoms with Crippen molar-refractivity contribution in [2.45, 2.75) is 19.1 Å². The molecule has 0 saturated heterocycles. The van der Waals surface area contributed by atoms with Gasteiger partial charge in [0.15, 0.2) is 0 Å². The summed E-state index contributed by atoms with van der Waals surface area (Å²) in [6.07, 6.45) is 0.741. The molecule has 0 aliphatic heterocycles. The van der Waals surface area contributed by atoms with E-state index in [1.165, 1.54) is 21.9 Å². The summed E-state index contributed by atoms with van der Waals surface area (Å²) in [5, 5.41) is 6.66. The summed E-state index contributed by atoms with van der Waals surface area (Å²) in [7, 11) is 0. The molecule has 0 atom stereocenters. The molecule has 0 aromatic heterocycles. The number of nitrogens with one attached hydrogen (secondary N) is 1. The molecule has 4 heteroatoms. The third-order valence-electron chi connectivity index (χ3n) is 3.99. The predicted octanol–water partition coefficient (Wildman–Crippen LogP) is 4.81. The molecule has 0 bridgehead atoms. The number of hydrogen-bond acceptors (Lipinski definition) is 3. The highest BCUT2D eigenvalue weighted by atomic mass is 32.2. The molecule has 0 aliphatic rings. The van der Waals surface area contributed by atoms with Gasteiger partial charge in [-0.15, -0.1) is 11.8 Å². The fourth-order valence-corrected chi connectivity index (χ4v) is 3.48. The van der Waals surface area contributed by atoms with Gasteiger partial charge in [-0.1, -0.05) is 72.8 Å². The molecule has 0 unspecified atom stereocenters. The van der Waals surface area contributed by atoms with Gasteiger partial charge in [-0.3, -0.25) is 4.79 Å². The Bertz CT molecular complexity index is 906. The molecular formula is C22H22N2OS. The third-order valence-corrected chi connectivity index (χ3v) is 4.99. The van der Waals surface area contributed by atoms with Crippen LogP contribution in [-0.4, -0.2) is 17.4 Å². The molecule has 0 spiro atoms. The highest BCUT2D eigenvalue weighted by Gasteiger charge is 2.03. The van der Waals surface area contributed by atoms with Crippen LogP contribution in [0.4, 0.5) is 0 Å². The molecule has 3 nitrogen and oxygen atoms in total. The monoisotopic (exact) mass is 362 g/mol. The number of fused-ring (bicyclic) bond motifs is 1. The van der Waals surface area contributed by atoms with Crippen LogP contribution in [0.25, 0.3) is 10.8 Å². The smallest absolute Gasteiger partial charge is 0.250 e. The van der Waals surface area contributed by atoms with Crippen molar-refractivity contribution in [3.63, 3.8) is 0 Å². The van der Waals surface area contributed by atoms with E-state index in [0.717, 1.165) is 17.9 Å². The predicted molar refractivity (Wildman–Crippen MR) is 112 cm³/mol. The Kier molecular flexibility index (Phi) is 6.45. The maximum absolute atomic E-state index is 12.0. The average molecular weight is 362 g/mol. The van der Waals surface area contributed by atoms with Crippen molar-refractivity contribution in [3.8, 4) is 0 Å². The zero-order valence-corrected chi connectivity index (χ0v) is 15.6. The van der Waals surface area contributed by atoms with Crippen LogP contribution in [0.3, 0.4) is 0 Å². The van der Waals surface area contributed by atoms with Crippen molar-refractivity contribution in [2.75, 3.05) is 5.75 Å². The Balaban J connectivity index is 1.44. The summed E-state index contributed by atoms with van der Waals surface area (Å²) < 4.78 is 0. The van der Waals surface area contributed by atoms with Crippen molar-refractivity contribution in [1.29, 1.82) is 0 Å². The van der Waals surface area contributed by atoms with Crippen molar-refractivity contribution in [2.24, 2.45) is 5.10 Å². The molecule has 26 heavy (non-hydrogen) atoms. The van der Waals surface area contributed by atoms with Gasteiger partial charge >= 0.3 is 0 Å². The molecule has 0 radical (unpaired) electrons. The van der Waals surface area contributed by atoms with Gasteiger partial charge in [0.1, 0.15) is 0 Å². The van der Waals surface area contributed by atoms with Crippen molar-refractivity contribution >= 4 is 34.2 Å². The Morgan fingerprint density at radius 3 is 2.46 bits per heavy atom. The summed E-state index contributed by atoms with van der Waals surface area (Å²) in [6, 6.07) is 24.8. The zero-order valence-electron chi connectivity index (χ0n) is 14.8. The third kappa shape index (κ3) is 5.46. The SMILES string of the molecule is C/C(Cc1ccccc1)=N/NC(=O)CSCc1ccc2ccccc2c1. The number of hydrogen-bond donors (Lipinski definition) is 1. The highest BCUT2D eigenvalue weighted by Crippen LogP contribution is 2.19. The van der Waals surface area contributed by atoms with E-state index in [9.17, 15) is 4.79 Å². The lowest BCUT2D eigenvalue weighted by atomic mass is 10.1. The average Bonchev–Trinajstić information content (AvgIpc) is 2.67. The van der Waals surface area contributed by atoms with Gasteiger partial charge in [-0.25, -0.2) is 5.43 Å². The topological polar surface area (TPSA) is 41.5 Å². The first-order valence-electron chi connectivity index (χ1n) is 8.62. The molecule has 3 aromatic carbocycles. The standard InChI is InChI=1S/C22H22N2OS/c1-17(13-18-7-3-2-4-8-18)23-24-22(25)16-26-15-19-11-12-20-9-5-6-10-21(20)14-19/h2-12,14H,13,15-16H2,1H3,(H,24,25)/b23-17-. The minimum Gasteiger partial charge on any atom is -0.272 e. The first-order chi connectivity index (χ1) is 12.7. The number of thioether (sulfide) groups is 1. The Hall–Kier alpha value is -2.59. The van der Waals surface area contributed by atoms with Gasteiger partial charge in [-0.2, -0.15) is 5.10 Å². The van der Waals surface area contributed by atoms with E-state index < -0.39 is 0 Å². The maximum Gasteiger partial charge on any atom is 0.250 e. The molecule has 0 saturated carbocycles. The number of nitrogens with zero attached hydrogens (tertiary/aromatic N) is 1. The summed E-state index contributed by atoms with van der Waals surface area (Å²) in [5.41, 5.74) is 5.96. The molecule has 3 aromatic rings. The number of hydrazone groups is 1. The van der Waals surface area contributed by atoms with Crippen LogP contribution >= 0.6 is 11.8 Å². The Labute approximate surface area is 158 Å². The number of amides is 1. The summed E-state index contributed by atoms with van der Waals surface area (Å²) in [6.45, 7) is 1.93. The number of benzene rings is 3. The molecular weight excluding hydrogens is 340 g/mol. The van der Waals surface area contributed by atoms with Crippen molar-refractivity contribution < 1.29 is 4.79 Å². The van der Waals surface area contributed by atoms with E-state index >= 15 is 0 Å². The van der Waals surface area contributed by atoms with Crippen LogP contribution < -0.4 is 5.43 Å². The van der Waals surface area contributed by atoms with Crippen LogP contribution in [0.1, 0.15) is 18.1 Å². The summed E-state index contributed by atoms with van der Waals surface area (Å²) in [4.78, 5) is 12.0. The van der Waals surface area contributed by atoms with Gasteiger partial charge in [0.2, 0.25) is 5.91 Å². The van der Waals surface area contributed by atoms with Gasteiger partial charge in [0, 0.05) is 17.9 Å². The zero-order chi connectivity index (χ0) is 18.2. The lowest BCUT2D eigenvalue weighted by Gasteiger charge is -2.05. The van der Waals surface area contributed by atoms with Crippen LogP contribution in [0.5, 0.6) is 0 Å². The summed E-state index contributed by atoms with van der Waals surface area (Å²) in [5.74, 6) is 1.14. The normalized spacial score (nSPS) is 11.5. The van der Waals surface area contributed by atoms with E-state index in [1.54, 1.807) is 11.8 Å². The van der Waals surface area contributed by atoms with E-state index in [-0.39, 0.29) is 5.91 Å². The minimum absolute atomic E-state index is 0.0665. The largest absolute Gasteiger partial charge is 0.272 e. The van der Waals surface area contributed by atoms with E-state index in [1.807, 2.05) is 37.3 Å². The lowest BCUT2D eigenvalue weighted by molar-refractivity contribution is -0.118. The van der Waals surface area contributed by atoms with Crippen LogP contribution in [0.15, 0.2) is 77.9 Å². The van der Waals surface area contributed by atoms with E-state index in [0.29, 0.717) is 5.75 Å². The molecule has 3 rings (SSSR count). The highest BCUT2D eigenvalue weighted by molar-refractivity contribution is 7.99. The van der Waals surface area contributed by atoms with Gasteiger partial charge in [0.05, 0.1) is 5.75 Å². The molecule has 0 aliphatic carbocycles. The van der Waals surface area contributed by atoms with Gasteiger partial charge in [0.25, 0.3) is 0 Å². The molecule has 1 N–H and O–H groups in total. The molecule has 1 amide bonds. The van der Waals surface area contributed by atoms with Crippen molar-refractivity contribution in [3.05, 3.63) is 83.9 Å². The fraction of sp³-hybridized carbons (Fsp3) is 0.182. The van der Waals surface area contributed by atoms with Crippen LogP contribution in [0, 0.1) is 0 Å². The quantitative estimate of drug-likeness (QED) is 0.484.